The van der Waals surface area contributed by atoms with E-state index in [-0.39, 0.29) is 11.1 Å². The zero-order valence-corrected chi connectivity index (χ0v) is 14.1. The van der Waals surface area contributed by atoms with Gasteiger partial charge in [-0.25, -0.2) is 0 Å². The Morgan fingerprint density at radius 3 is 2.56 bits per heavy atom. The number of carbonyl (C=O) groups is 2. The summed E-state index contributed by atoms with van der Waals surface area (Å²) >= 11 is 1.01. The Morgan fingerprint density at radius 1 is 0.920 bits per heavy atom. The molecule has 1 atom stereocenters. The van der Waals surface area contributed by atoms with Crippen LogP contribution in [0.1, 0.15) is 16.4 Å². The number of rotatable bonds is 4. The van der Waals surface area contributed by atoms with Gasteiger partial charge in [0, 0.05) is 0 Å². The van der Waals surface area contributed by atoms with Crippen molar-refractivity contribution in [2.24, 2.45) is 0 Å². The van der Waals surface area contributed by atoms with Crippen molar-refractivity contribution in [3.05, 3.63) is 77.9 Å². The number of thioether (sulfide) groups is 1. The molecule has 3 aromatic rings. The van der Waals surface area contributed by atoms with Gasteiger partial charge in [-0.05, 0) is 45.8 Å². The molecule has 1 N–H and O–H groups in total. The smallest absolute Gasteiger partial charge is 0.286 e. The molecule has 0 aromatic heterocycles. The maximum Gasteiger partial charge on any atom is 0.286 e. The monoisotopic (exact) mass is 349 g/mol. The van der Waals surface area contributed by atoms with Crippen molar-refractivity contribution in [1.29, 1.82) is 0 Å². The lowest BCUT2D eigenvalue weighted by atomic mass is 10.1. The van der Waals surface area contributed by atoms with Crippen LogP contribution < -0.4 is 10.1 Å². The zero-order chi connectivity index (χ0) is 17.2. The molecule has 0 aliphatic carbocycles. The second kappa shape index (κ2) is 6.61. The summed E-state index contributed by atoms with van der Waals surface area (Å²) in [4.78, 5) is 23.2. The summed E-state index contributed by atoms with van der Waals surface area (Å²) in [5.74, 6) is 0.537. The summed E-state index contributed by atoms with van der Waals surface area (Å²) < 4.78 is 5.89. The van der Waals surface area contributed by atoms with Gasteiger partial charge >= 0.3 is 0 Å². The number of amides is 2. The van der Waals surface area contributed by atoms with Crippen molar-refractivity contribution in [2.45, 2.75) is 11.9 Å². The fraction of sp³-hybridized carbons (Fsp3) is 0.100. The highest BCUT2D eigenvalue weighted by molar-refractivity contribution is 8.15. The third kappa shape index (κ3) is 3.37. The first-order chi connectivity index (χ1) is 12.2. The maximum absolute atomic E-state index is 11.8. The minimum atomic E-state index is -0.479. The first-order valence-corrected chi connectivity index (χ1v) is 8.79. The number of ether oxygens (including phenoxy) is 1. The van der Waals surface area contributed by atoms with Gasteiger partial charge in [-0.15, -0.1) is 0 Å². The minimum Gasteiger partial charge on any atom is -0.489 e. The summed E-state index contributed by atoms with van der Waals surface area (Å²) in [5.41, 5.74) is 1.77. The molecule has 1 aliphatic heterocycles. The summed E-state index contributed by atoms with van der Waals surface area (Å²) in [7, 11) is 0. The Balaban J connectivity index is 1.50. The summed E-state index contributed by atoms with van der Waals surface area (Å²) in [6.07, 6.45) is 0. The van der Waals surface area contributed by atoms with Crippen LogP contribution in [0.15, 0.2) is 66.7 Å². The van der Waals surface area contributed by atoms with Gasteiger partial charge in [-0.3, -0.25) is 14.9 Å². The Morgan fingerprint density at radius 2 is 1.76 bits per heavy atom. The zero-order valence-electron chi connectivity index (χ0n) is 13.3. The summed E-state index contributed by atoms with van der Waals surface area (Å²) in [5, 5.41) is 3.84. The van der Waals surface area contributed by atoms with Crippen LogP contribution in [0, 0.1) is 0 Å². The molecule has 1 fully saturated rings. The molecule has 0 saturated carbocycles. The van der Waals surface area contributed by atoms with E-state index < -0.39 is 5.25 Å². The number of hydrogen-bond acceptors (Lipinski definition) is 4. The van der Waals surface area contributed by atoms with Crippen LogP contribution in [0.25, 0.3) is 10.8 Å². The lowest BCUT2D eigenvalue weighted by molar-refractivity contribution is -0.119. The average molecular weight is 349 g/mol. The van der Waals surface area contributed by atoms with Gasteiger partial charge in [0.15, 0.2) is 0 Å². The lowest BCUT2D eigenvalue weighted by Gasteiger charge is -2.10. The molecule has 0 radical (unpaired) electrons. The number of imide groups is 1. The molecule has 2 amide bonds. The standard InChI is InChI=1S/C20H15NO3S/c22-19-18(25-20(23)21-19)16-7-3-4-13(10-16)12-24-17-9-8-14-5-1-2-6-15(14)11-17/h1-11,18H,12H2,(H,21,22,23). The van der Waals surface area contributed by atoms with Crippen LogP contribution in [0.5, 0.6) is 5.75 Å². The second-order valence-electron chi connectivity index (χ2n) is 5.82. The van der Waals surface area contributed by atoms with Gasteiger partial charge in [0.2, 0.25) is 5.91 Å². The second-order valence-corrected chi connectivity index (χ2v) is 6.90. The van der Waals surface area contributed by atoms with Gasteiger partial charge in [-0.1, -0.05) is 54.6 Å². The van der Waals surface area contributed by atoms with Crippen molar-refractivity contribution >= 4 is 33.7 Å². The van der Waals surface area contributed by atoms with Crippen molar-refractivity contribution < 1.29 is 14.3 Å². The number of benzene rings is 3. The van der Waals surface area contributed by atoms with Crippen LogP contribution in [-0.2, 0) is 11.4 Å². The molecule has 5 heteroatoms. The first-order valence-electron chi connectivity index (χ1n) is 7.91. The highest BCUT2D eigenvalue weighted by atomic mass is 32.2. The predicted molar refractivity (Wildman–Crippen MR) is 98.6 cm³/mol. The van der Waals surface area contributed by atoms with E-state index >= 15 is 0 Å². The highest BCUT2D eigenvalue weighted by Gasteiger charge is 2.32. The van der Waals surface area contributed by atoms with Crippen LogP contribution in [0.4, 0.5) is 4.79 Å². The fourth-order valence-electron chi connectivity index (χ4n) is 2.85. The highest BCUT2D eigenvalue weighted by Crippen LogP contribution is 2.34. The molecule has 0 bridgehead atoms. The van der Waals surface area contributed by atoms with Crippen molar-refractivity contribution in [3.63, 3.8) is 0 Å². The minimum absolute atomic E-state index is 0.261. The van der Waals surface area contributed by atoms with Crippen LogP contribution in [0.2, 0.25) is 0 Å². The van der Waals surface area contributed by atoms with Crippen molar-refractivity contribution in [3.8, 4) is 5.75 Å². The van der Waals surface area contributed by atoms with Crippen LogP contribution in [0.3, 0.4) is 0 Å². The molecule has 1 unspecified atom stereocenters. The van der Waals surface area contributed by atoms with Gasteiger partial charge in [0.05, 0.1) is 0 Å². The number of fused-ring (bicyclic) bond motifs is 1. The van der Waals surface area contributed by atoms with E-state index in [1.165, 1.54) is 5.39 Å². The SMILES string of the molecule is O=C1NC(=O)C(c2cccc(COc3ccc4ccccc4c3)c2)S1. The molecule has 4 rings (SSSR count). The number of nitrogens with one attached hydrogen (secondary N) is 1. The molecule has 4 nitrogen and oxygen atoms in total. The van der Waals surface area contributed by atoms with E-state index in [2.05, 4.69) is 17.4 Å². The molecule has 1 aliphatic rings. The van der Waals surface area contributed by atoms with E-state index in [1.807, 2.05) is 54.6 Å². The topological polar surface area (TPSA) is 55.4 Å². The largest absolute Gasteiger partial charge is 0.489 e. The van der Waals surface area contributed by atoms with E-state index in [1.54, 1.807) is 0 Å². The molecule has 0 spiro atoms. The van der Waals surface area contributed by atoms with E-state index in [4.69, 9.17) is 4.74 Å². The first kappa shape index (κ1) is 15.7. The average Bonchev–Trinajstić information content (AvgIpc) is 2.98. The quantitative estimate of drug-likeness (QED) is 0.756. The molecular formula is C20H15NO3S. The lowest BCUT2D eigenvalue weighted by Crippen LogP contribution is -2.20. The van der Waals surface area contributed by atoms with Crippen molar-refractivity contribution in [2.75, 3.05) is 0 Å². The van der Waals surface area contributed by atoms with E-state index in [0.29, 0.717) is 6.61 Å². The molecule has 1 saturated heterocycles. The molecule has 25 heavy (non-hydrogen) atoms. The summed E-state index contributed by atoms with van der Waals surface area (Å²) in [6, 6.07) is 21.7. The predicted octanol–water partition coefficient (Wildman–Crippen LogP) is 4.44. The van der Waals surface area contributed by atoms with Crippen molar-refractivity contribution in [1.82, 2.24) is 5.32 Å². The van der Waals surface area contributed by atoms with E-state index in [9.17, 15) is 9.59 Å². The third-order valence-corrected chi connectivity index (χ3v) is 5.11. The van der Waals surface area contributed by atoms with Gasteiger partial charge in [0.1, 0.15) is 17.6 Å². The third-order valence-electron chi connectivity index (χ3n) is 4.07. The van der Waals surface area contributed by atoms with Gasteiger partial charge in [-0.2, -0.15) is 0 Å². The Kier molecular flexibility index (Phi) is 4.15. The van der Waals surface area contributed by atoms with Gasteiger partial charge in [0.25, 0.3) is 5.24 Å². The summed E-state index contributed by atoms with van der Waals surface area (Å²) in [6.45, 7) is 0.402. The van der Waals surface area contributed by atoms with Gasteiger partial charge < -0.3 is 4.74 Å². The fourth-order valence-corrected chi connectivity index (χ4v) is 3.67. The molecular weight excluding hydrogens is 334 g/mol. The normalized spacial score (nSPS) is 16.9. The van der Waals surface area contributed by atoms with E-state index in [0.717, 1.165) is 34.0 Å². The Hall–Kier alpha value is -2.79. The van der Waals surface area contributed by atoms with Crippen LogP contribution in [-0.4, -0.2) is 11.1 Å². The molecule has 1 heterocycles. The molecule has 124 valence electrons. The number of hydrogen-bond donors (Lipinski definition) is 1. The van der Waals surface area contributed by atoms with Crippen LogP contribution >= 0.6 is 11.8 Å². The molecule has 3 aromatic carbocycles. The Labute approximate surface area is 149 Å². The Bertz CT molecular complexity index is 970. The maximum atomic E-state index is 11.8. The number of carbonyl (C=O) groups excluding carboxylic acids is 2.